The van der Waals surface area contributed by atoms with E-state index in [1.165, 1.54) is 12.7 Å². The second-order valence-corrected chi connectivity index (χ2v) is 21.3. The number of allylic oxidation sites excluding steroid dienone is 1. The maximum absolute atomic E-state index is 11.8. The molecule has 0 amide bonds. The standard InChI is InChI=1S/C40H66O11.C6H12O5.4C2H6.3C2H2/c1-21(2)15-22-19-48-25-17-40(20-42)24(31(25)32(22)43)7-8-28-38(5)12-10-29(37(3,4)27(38)9-13-39(28,40)6)51-30-16-23(11-14-47-30)49-36-35(46)34(45)33(44)26(18-41)50-36;1-10-6-5(9)4(8)3(2-7)11-6;7*1-2/h15,22-36,41-46H,7-14,16-20H2,1-6H3;3-9H,2H2,1H3;4*1-2H3;3*1-2H/t22-,23+,24-,25?,26?,27?,28?,29+,30?,31?,32+,33-,34+,35-,36?,38+,39-,40+;3-,4-,5+,6?;;;;;;;/m10......./s1. The lowest BCUT2D eigenvalue weighted by atomic mass is 9.35. The largest absolute Gasteiger partial charge is 0.396 e. The molecule has 9 N–H and O–H groups in total. The van der Waals surface area contributed by atoms with Crippen molar-refractivity contribution in [2.24, 2.45) is 51.2 Å². The summed E-state index contributed by atoms with van der Waals surface area (Å²) in [5, 5.41) is 90.6. The summed E-state index contributed by atoms with van der Waals surface area (Å²) in [5.41, 5.74) is 0.806. The molecule has 4 saturated carbocycles. The molecule has 8 unspecified atom stereocenters. The third-order valence-corrected chi connectivity index (χ3v) is 17.6. The zero-order valence-electron chi connectivity index (χ0n) is 49.3. The van der Waals surface area contributed by atoms with Crippen LogP contribution in [-0.4, -0.2) is 172 Å². The Bertz CT molecular complexity index is 1630. The fourth-order valence-corrected chi connectivity index (χ4v) is 14.5. The molecule has 76 heavy (non-hydrogen) atoms. The van der Waals surface area contributed by atoms with Gasteiger partial charge >= 0.3 is 0 Å². The van der Waals surface area contributed by atoms with Crippen LogP contribution in [0.3, 0.4) is 0 Å². The third-order valence-electron chi connectivity index (χ3n) is 17.6. The maximum atomic E-state index is 11.8. The average molecular weight is 1090 g/mol. The number of ether oxygens (including phenoxy) is 7. The molecule has 0 aromatic rings. The number of rotatable bonds is 9. The lowest BCUT2D eigenvalue weighted by molar-refractivity contribution is -0.326. The minimum Gasteiger partial charge on any atom is -0.396 e. The highest BCUT2D eigenvalue weighted by Gasteiger charge is 2.72. The molecule has 4 aliphatic heterocycles. The number of hydrogen-bond donors (Lipinski definition) is 9. The van der Waals surface area contributed by atoms with Crippen LogP contribution in [-0.2, 0) is 33.2 Å². The van der Waals surface area contributed by atoms with Crippen LogP contribution in [0.15, 0.2) is 11.6 Å². The van der Waals surface area contributed by atoms with Gasteiger partial charge in [-0.25, -0.2) is 0 Å². The molecule has 8 rings (SSSR count). The van der Waals surface area contributed by atoms with Gasteiger partial charge in [-0.1, -0.05) is 94.7 Å². The van der Waals surface area contributed by atoms with Crippen LogP contribution in [0.1, 0.15) is 155 Å². The Morgan fingerprint density at radius 3 is 1.67 bits per heavy atom. The second kappa shape index (κ2) is 34.8. The molecule has 0 bridgehead atoms. The molecule has 4 aliphatic carbocycles. The molecular formula is C60H108O16. The molecule has 0 aromatic heterocycles. The molecule has 16 nitrogen and oxygen atoms in total. The van der Waals surface area contributed by atoms with Gasteiger partial charge in [-0.2, -0.15) is 0 Å². The van der Waals surface area contributed by atoms with E-state index in [2.05, 4.69) is 90.9 Å². The number of methoxy groups -OCH3 is 1. The summed E-state index contributed by atoms with van der Waals surface area (Å²) >= 11 is 0. The SMILES string of the molecule is C#C.C#C.C#C.CC.CC.CC.CC.CC(C)=C[C@@H]1COC2C[C@]3(CO)[C@H](CCC4[C@@]5(C)CC[C@H](OC6C[C@@H](OC7OC(CO)[C@@H](O)[C@H](O)[C@H]7O)CCO6)C(C)(C)C5CC[C@]43C)C2[C@H]1O.COC1O[C@@H](CO)[C@H](O)[C@H]1O. The average Bonchev–Trinajstić information content (AvgIpc) is 3.95. The molecular weight excluding hydrogens is 977 g/mol. The lowest BCUT2D eigenvalue weighted by Gasteiger charge is -2.70. The summed E-state index contributed by atoms with van der Waals surface area (Å²) in [5.74, 6) is 1.17. The van der Waals surface area contributed by atoms with Crippen LogP contribution in [0.4, 0.5) is 0 Å². The predicted molar refractivity (Wildman–Crippen MR) is 297 cm³/mol. The predicted octanol–water partition coefficient (Wildman–Crippen LogP) is 6.23. The van der Waals surface area contributed by atoms with E-state index in [4.69, 9.17) is 43.7 Å². The van der Waals surface area contributed by atoms with Gasteiger partial charge in [0, 0.05) is 37.4 Å². The van der Waals surface area contributed by atoms with Crippen molar-refractivity contribution in [2.75, 3.05) is 40.1 Å². The Hall–Kier alpha value is -2.22. The molecule has 8 aliphatic rings. The van der Waals surface area contributed by atoms with E-state index in [9.17, 15) is 30.6 Å². The van der Waals surface area contributed by atoms with Gasteiger partial charge in [-0.15, -0.1) is 38.5 Å². The van der Waals surface area contributed by atoms with Gasteiger partial charge in [0.05, 0.1) is 50.8 Å². The summed E-state index contributed by atoms with van der Waals surface area (Å²) < 4.78 is 40.8. The van der Waals surface area contributed by atoms with Crippen LogP contribution in [0.5, 0.6) is 0 Å². The van der Waals surface area contributed by atoms with E-state index < -0.39 is 74.3 Å². The third kappa shape index (κ3) is 15.4. The van der Waals surface area contributed by atoms with E-state index >= 15 is 0 Å². The normalized spacial score (nSPS) is 42.9. The second-order valence-electron chi connectivity index (χ2n) is 21.3. The number of hydrogen-bond acceptors (Lipinski definition) is 16. The number of fused-ring (bicyclic) bond motifs is 7. The maximum Gasteiger partial charge on any atom is 0.186 e. The highest BCUT2D eigenvalue weighted by Crippen LogP contribution is 2.76. The van der Waals surface area contributed by atoms with Crippen LogP contribution in [0.2, 0.25) is 0 Å². The molecule has 4 heterocycles. The Morgan fingerprint density at radius 1 is 0.618 bits per heavy atom. The molecule has 0 radical (unpaired) electrons. The fraction of sp³-hybridized carbons (Fsp3) is 0.867. The van der Waals surface area contributed by atoms with Crippen LogP contribution in [0, 0.1) is 89.8 Å². The minimum absolute atomic E-state index is 0.00307. The first-order valence-corrected chi connectivity index (χ1v) is 28.3. The summed E-state index contributed by atoms with van der Waals surface area (Å²) in [6.45, 7) is 30.2. The summed E-state index contributed by atoms with van der Waals surface area (Å²) in [7, 11) is 1.36. The smallest absolute Gasteiger partial charge is 0.186 e. The molecule has 444 valence electrons. The van der Waals surface area contributed by atoms with E-state index in [1.54, 1.807) is 0 Å². The topological polar surface area (TPSA) is 247 Å². The Kier molecular flexibility index (Phi) is 33.8. The van der Waals surface area contributed by atoms with Crippen molar-refractivity contribution in [2.45, 2.75) is 241 Å². The molecule has 22 atom stereocenters. The van der Waals surface area contributed by atoms with Gasteiger partial charge in [-0.05, 0) is 99.2 Å². The highest BCUT2D eigenvalue weighted by molar-refractivity contribution is 5.21. The van der Waals surface area contributed by atoms with Gasteiger partial charge in [-0.3, -0.25) is 0 Å². The van der Waals surface area contributed by atoms with Gasteiger partial charge in [0.15, 0.2) is 18.9 Å². The quantitative estimate of drug-likeness (QED) is 0.0706. The molecule has 4 saturated heterocycles. The Labute approximate surface area is 460 Å². The first-order valence-electron chi connectivity index (χ1n) is 28.3. The van der Waals surface area contributed by atoms with E-state index in [1.807, 2.05) is 55.4 Å². The molecule has 0 aromatic carbocycles. The number of aliphatic hydroxyl groups excluding tert-OH is 9. The van der Waals surface area contributed by atoms with E-state index in [0.717, 1.165) is 44.9 Å². The van der Waals surface area contributed by atoms with Crippen molar-refractivity contribution in [3.63, 3.8) is 0 Å². The van der Waals surface area contributed by atoms with Crippen molar-refractivity contribution < 1.29 is 79.1 Å². The van der Waals surface area contributed by atoms with Gasteiger partial charge in [0.25, 0.3) is 0 Å². The summed E-state index contributed by atoms with van der Waals surface area (Å²) in [6, 6.07) is 0. The molecule has 0 spiro atoms. The van der Waals surface area contributed by atoms with Crippen LogP contribution in [0.25, 0.3) is 0 Å². The van der Waals surface area contributed by atoms with Crippen molar-refractivity contribution in [3.05, 3.63) is 11.6 Å². The summed E-state index contributed by atoms with van der Waals surface area (Å²) in [4.78, 5) is 0. The first kappa shape index (κ1) is 73.8. The zero-order chi connectivity index (χ0) is 59.1. The highest BCUT2D eigenvalue weighted by atomic mass is 16.7. The van der Waals surface area contributed by atoms with Crippen molar-refractivity contribution in [1.82, 2.24) is 0 Å². The van der Waals surface area contributed by atoms with Crippen LogP contribution < -0.4 is 0 Å². The minimum atomic E-state index is -1.48. The van der Waals surface area contributed by atoms with Crippen molar-refractivity contribution in [1.29, 1.82) is 0 Å². The fourth-order valence-electron chi connectivity index (χ4n) is 14.5. The van der Waals surface area contributed by atoms with Gasteiger partial charge in [0.2, 0.25) is 0 Å². The monoisotopic (exact) mass is 1080 g/mol. The van der Waals surface area contributed by atoms with E-state index in [0.29, 0.717) is 37.9 Å². The number of terminal acetylenes is 3. The first-order chi connectivity index (χ1) is 36.3. The molecule has 8 fully saturated rings. The van der Waals surface area contributed by atoms with Gasteiger partial charge < -0.3 is 79.1 Å². The summed E-state index contributed by atoms with van der Waals surface area (Å²) in [6.07, 6.45) is 22.6. The van der Waals surface area contributed by atoms with E-state index in [-0.39, 0.29) is 70.9 Å². The Balaban J connectivity index is 0.00000191. The van der Waals surface area contributed by atoms with Crippen molar-refractivity contribution >= 4 is 0 Å². The Morgan fingerprint density at radius 2 is 1.16 bits per heavy atom. The number of aliphatic hydroxyl groups is 9. The molecule has 16 heteroatoms. The lowest BCUT2D eigenvalue weighted by Crippen LogP contribution is -2.65. The zero-order valence-corrected chi connectivity index (χ0v) is 49.3. The van der Waals surface area contributed by atoms with Gasteiger partial charge in [0.1, 0.15) is 42.7 Å². The van der Waals surface area contributed by atoms with Crippen molar-refractivity contribution in [3.8, 4) is 38.5 Å². The van der Waals surface area contributed by atoms with Crippen LogP contribution >= 0.6 is 0 Å².